The highest BCUT2D eigenvalue weighted by molar-refractivity contribution is 9.09. The third kappa shape index (κ3) is 3.10. The van der Waals surface area contributed by atoms with Gasteiger partial charge in [-0.1, -0.05) is 34.8 Å². The zero-order chi connectivity index (χ0) is 13.0. The number of pyridine rings is 1. The van der Waals surface area contributed by atoms with Gasteiger partial charge in [0.2, 0.25) is 0 Å². The number of carbonyl (C=O) groups is 1. The summed E-state index contributed by atoms with van der Waals surface area (Å²) in [5.74, 6) is 0.0741. The molecule has 0 aromatic carbocycles. The average molecular weight is 311 g/mol. The van der Waals surface area contributed by atoms with E-state index in [2.05, 4.69) is 20.9 Å². The Kier molecular flexibility index (Phi) is 4.75. The lowest BCUT2D eigenvalue weighted by Gasteiger charge is -2.28. The lowest BCUT2D eigenvalue weighted by molar-refractivity contribution is 0.0690. The number of amides is 1. The van der Waals surface area contributed by atoms with Gasteiger partial charge in [0, 0.05) is 23.6 Å². The smallest absolute Gasteiger partial charge is 0.272 e. The van der Waals surface area contributed by atoms with Crippen molar-refractivity contribution in [3.63, 3.8) is 0 Å². The number of alkyl halides is 1. The Morgan fingerprint density at radius 1 is 1.44 bits per heavy atom. The van der Waals surface area contributed by atoms with E-state index in [0.29, 0.717) is 11.7 Å². The molecule has 0 aliphatic heterocycles. The van der Waals surface area contributed by atoms with Crippen LogP contribution < -0.4 is 0 Å². The highest BCUT2D eigenvalue weighted by Crippen LogP contribution is 2.24. The highest BCUT2D eigenvalue weighted by Gasteiger charge is 2.27. The molecular weight excluding hydrogens is 292 g/mol. The van der Waals surface area contributed by atoms with E-state index in [9.17, 15) is 4.79 Å². The molecule has 0 N–H and O–H groups in total. The molecule has 1 heterocycles. The fourth-order valence-corrected chi connectivity index (χ4v) is 2.95. The Balaban J connectivity index is 2.17. The van der Waals surface area contributed by atoms with E-state index in [1.54, 1.807) is 0 Å². The summed E-state index contributed by atoms with van der Waals surface area (Å²) in [7, 11) is 0. The molecule has 1 aromatic rings. The molecule has 3 nitrogen and oxygen atoms in total. The van der Waals surface area contributed by atoms with Crippen molar-refractivity contribution >= 4 is 21.8 Å². The average Bonchev–Trinajstić information content (AvgIpc) is 2.89. The number of rotatable bonds is 4. The molecule has 0 spiro atoms. The molecule has 1 aromatic heterocycles. The van der Waals surface area contributed by atoms with Gasteiger partial charge in [0.15, 0.2) is 0 Å². The topological polar surface area (TPSA) is 33.2 Å². The molecule has 1 amide bonds. The van der Waals surface area contributed by atoms with E-state index < -0.39 is 0 Å². The predicted octanol–water partition coefficient (Wildman–Crippen LogP) is 3.17. The van der Waals surface area contributed by atoms with Crippen molar-refractivity contribution in [2.24, 2.45) is 0 Å². The van der Waals surface area contributed by atoms with Crippen molar-refractivity contribution in [3.8, 4) is 0 Å². The second-order valence-corrected chi connectivity index (χ2v) is 5.58. The van der Waals surface area contributed by atoms with Crippen LogP contribution in [0.15, 0.2) is 18.2 Å². The first kappa shape index (κ1) is 13.5. The van der Waals surface area contributed by atoms with Crippen LogP contribution in [0.1, 0.15) is 41.9 Å². The Bertz CT molecular complexity index is 416. The number of nitrogens with zero attached hydrogens (tertiary/aromatic N) is 2. The largest absolute Gasteiger partial charge is 0.333 e. The van der Waals surface area contributed by atoms with Crippen LogP contribution in [0.2, 0.25) is 0 Å². The summed E-state index contributed by atoms with van der Waals surface area (Å²) in [5, 5.41) is 0.820. The molecular formula is C14H19BrN2O. The van der Waals surface area contributed by atoms with Crippen LogP contribution in [0.3, 0.4) is 0 Å². The van der Waals surface area contributed by atoms with Crippen LogP contribution in [0.25, 0.3) is 0 Å². The maximum absolute atomic E-state index is 12.5. The first-order valence-electron chi connectivity index (χ1n) is 6.53. The fourth-order valence-electron chi connectivity index (χ4n) is 2.57. The summed E-state index contributed by atoms with van der Waals surface area (Å²) in [6.45, 7) is 2.68. The van der Waals surface area contributed by atoms with Crippen LogP contribution >= 0.6 is 15.9 Å². The van der Waals surface area contributed by atoms with E-state index in [4.69, 9.17) is 0 Å². The van der Waals surface area contributed by atoms with Gasteiger partial charge >= 0.3 is 0 Å². The highest BCUT2D eigenvalue weighted by atomic mass is 79.9. The van der Waals surface area contributed by atoms with E-state index in [1.807, 2.05) is 30.0 Å². The summed E-state index contributed by atoms with van der Waals surface area (Å²) in [6, 6.07) is 6.03. The molecule has 2 rings (SSSR count). The number of aryl methyl sites for hydroxylation is 1. The lowest BCUT2D eigenvalue weighted by Crippen LogP contribution is -2.40. The number of hydrogen-bond donors (Lipinski definition) is 0. The summed E-state index contributed by atoms with van der Waals surface area (Å²) >= 11 is 3.44. The monoisotopic (exact) mass is 310 g/mol. The predicted molar refractivity (Wildman–Crippen MR) is 76.1 cm³/mol. The first-order chi connectivity index (χ1) is 8.72. The van der Waals surface area contributed by atoms with Crippen LogP contribution in [0, 0.1) is 6.92 Å². The Morgan fingerprint density at radius 3 is 2.78 bits per heavy atom. The van der Waals surface area contributed by atoms with Gasteiger partial charge in [-0.2, -0.15) is 0 Å². The normalized spacial score (nSPS) is 15.9. The Morgan fingerprint density at radius 2 is 2.17 bits per heavy atom. The van der Waals surface area contributed by atoms with Crippen molar-refractivity contribution in [2.75, 3.05) is 11.9 Å². The van der Waals surface area contributed by atoms with Crippen molar-refractivity contribution in [1.29, 1.82) is 0 Å². The summed E-state index contributed by atoms with van der Waals surface area (Å²) < 4.78 is 0. The van der Waals surface area contributed by atoms with E-state index >= 15 is 0 Å². The Labute approximate surface area is 117 Å². The molecule has 98 valence electrons. The molecule has 0 bridgehead atoms. The quantitative estimate of drug-likeness (QED) is 0.800. The van der Waals surface area contributed by atoms with Gasteiger partial charge in [0.25, 0.3) is 5.91 Å². The van der Waals surface area contributed by atoms with Gasteiger partial charge in [-0.3, -0.25) is 4.79 Å². The molecule has 1 aliphatic rings. The summed E-state index contributed by atoms with van der Waals surface area (Å²) in [4.78, 5) is 18.8. The first-order valence-corrected chi connectivity index (χ1v) is 7.65. The van der Waals surface area contributed by atoms with E-state index in [-0.39, 0.29) is 5.91 Å². The molecule has 0 radical (unpaired) electrons. The van der Waals surface area contributed by atoms with Crippen molar-refractivity contribution < 1.29 is 4.79 Å². The maximum atomic E-state index is 12.5. The minimum Gasteiger partial charge on any atom is -0.333 e. The second kappa shape index (κ2) is 6.32. The van der Waals surface area contributed by atoms with E-state index in [0.717, 1.165) is 30.4 Å². The van der Waals surface area contributed by atoms with Crippen LogP contribution in [0.5, 0.6) is 0 Å². The van der Waals surface area contributed by atoms with Crippen LogP contribution in [-0.4, -0.2) is 33.7 Å². The van der Waals surface area contributed by atoms with Crippen LogP contribution in [0.4, 0.5) is 0 Å². The number of halogens is 1. The minimum atomic E-state index is 0.0741. The van der Waals surface area contributed by atoms with Crippen LogP contribution in [-0.2, 0) is 0 Å². The molecule has 1 saturated carbocycles. The van der Waals surface area contributed by atoms with Gasteiger partial charge in [0.1, 0.15) is 5.69 Å². The third-order valence-corrected chi connectivity index (χ3v) is 3.81. The second-order valence-electron chi connectivity index (χ2n) is 4.79. The lowest BCUT2D eigenvalue weighted by atomic mass is 10.2. The summed E-state index contributed by atoms with van der Waals surface area (Å²) in [5.41, 5.74) is 1.47. The van der Waals surface area contributed by atoms with Gasteiger partial charge in [-0.05, 0) is 31.9 Å². The van der Waals surface area contributed by atoms with Gasteiger partial charge < -0.3 is 4.90 Å². The molecule has 0 unspecified atom stereocenters. The van der Waals surface area contributed by atoms with Gasteiger partial charge in [-0.15, -0.1) is 0 Å². The molecule has 4 heteroatoms. The van der Waals surface area contributed by atoms with Gasteiger partial charge in [-0.25, -0.2) is 4.98 Å². The SMILES string of the molecule is Cc1cccc(C(=O)N(CCBr)C2CCCC2)n1. The van der Waals surface area contributed by atoms with Crippen molar-refractivity contribution in [1.82, 2.24) is 9.88 Å². The number of carbonyl (C=O) groups excluding carboxylic acids is 1. The van der Waals surface area contributed by atoms with Crippen molar-refractivity contribution in [3.05, 3.63) is 29.6 Å². The molecule has 0 atom stereocenters. The van der Waals surface area contributed by atoms with E-state index in [1.165, 1.54) is 12.8 Å². The molecule has 1 aliphatic carbocycles. The fraction of sp³-hybridized carbons (Fsp3) is 0.571. The molecule has 18 heavy (non-hydrogen) atoms. The van der Waals surface area contributed by atoms with Crippen molar-refractivity contribution in [2.45, 2.75) is 38.6 Å². The standard InChI is InChI=1S/C14H19BrN2O/c1-11-5-4-8-13(16-11)14(18)17(10-9-15)12-6-2-3-7-12/h4-5,8,12H,2-3,6-7,9-10H2,1H3. The maximum Gasteiger partial charge on any atom is 0.272 e. The number of hydrogen-bond acceptors (Lipinski definition) is 2. The molecule has 1 fully saturated rings. The minimum absolute atomic E-state index is 0.0741. The Hall–Kier alpha value is -0.900. The zero-order valence-electron chi connectivity index (χ0n) is 10.7. The number of aromatic nitrogens is 1. The third-order valence-electron chi connectivity index (χ3n) is 3.46. The van der Waals surface area contributed by atoms with Gasteiger partial charge in [0.05, 0.1) is 0 Å². The summed E-state index contributed by atoms with van der Waals surface area (Å²) in [6.07, 6.45) is 4.73. The zero-order valence-corrected chi connectivity index (χ0v) is 12.3. The molecule has 0 saturated heterocycles.